The SMILES string of the molecule is Clc1ccc(Cl)c(C=Cc2ccccc2)c1. The zero-order valence-electron chi connectivity index (χ0n) is 8.53. The fourth-order valence-electron chi connectivity index (χ4n) is 1.39. The first-order chi connectivity index (χ1) is 7.75. The van der Waals surface area contributed by atoms with Crippen molar-refractivity contribution in [2.75, 3.05) is 0 Å². The maximum atomic E-state index is 6.05. The molecular formula is C14H10Cl2. The van der Waals surface area contributed by atoms with Crippen LogP contribution in [-0.4, -0.2) is 0 Å². The molecule has 0 aliphatic carbocycles. The van der Waals surface area contributed by atoms with Crippen LogP contribution in [0.5, 0.6) is 0 Å². The Balaban J connectivity index is 2.27. The Morgan fingerprint density at radius 2 is 1.56 bits per heavy atom. The van der Waals surface area contributed by atoms with Gasteiger partial charge in [-0.1, -0.05) is 65.7 Å². The van der Waals surface area contributed by atoms with Crippen LogP contribution < -0.4 is 0 Å². The predicted molar refractivity (Wildman–Crippen MR) is 71.8 cm³/mol. The average molecular weight is 249 g/mol. The molecule has 0 atom stereocenters. The van der Waals surface area contributed by atoms with Gasteiger partial charge in [-0.2, -0.15) is 0 Å². The van der Waals surface area contributed by atoms with Crippen LogP contribution in [0.3, 0.4) is 0 Å². The molecule has 0 bridgehead atoms. The van der Waals surface area contributed by atoms with Crippen molar-refractivity contribution in [1.82, 2.24) is 0 Å². The largest absolute Gasteiger partial charge is 0.0843 e. The molecule has 2 aromatic rings. The van der Waals surface area contributed by atoms with Gasteiger partial charge in [-0.05, 0) is 29.3 Å². The molecule has 0 nitrogen and oxygen atoms in total. The molecule has 2 heteroatoms. The van der Waals surface area contributed by atoms with E-state index in [0.717, 1.165) is 11.1 Å². The Morgan fingerprint density at radius 3 is 2.31 bits per heavy atom. The molecule has 2 rings (SSSR count). The average Bonchev–Trinajstić information content (AvgIpc) is 2.32. The second-order valence-corrected chi connectivity index (χ2v) is 4.25. The molecule has 0 aliphatic rings. The Morgan fingerprint density at radius 1 is 0.812 bits per heavy atom. The minimum Gasteiger partial charge on any atom is -0.0843 e. The molecule has 0 amide bonds. The van der Waals surface area contributed by atoms with Gasteiger partial charge in [0.05, 0.1) is 0 Å². The van der Waals surface area contributed by atoms with Crippen LogP contribution in [0.4, 0.5) is 0 Å². The lowest BCUT2D eigenvalue weighted by molar-refractivity contribution is 1.64. The van der Waals surface area contributed by atoms with Crippen LogP contribution in [-0.2, 0) is 0 Å². The standard InChI is InChI=1S/C14H10Cl2/c15-13-8-9-14(16)12(10-13)7-6-11-4-2-1-3-5-11/h1-10H. The van der Waals surface area contributed by atoms with Crippen molar-refractivity contribution in [3.8, 4) is 0 Å². The minimum absolute atomic E-state index is 0.692. The van der Waals surface area contributed by atoms with Gasteiger partial charge in [0.1, 0.15) is 0 Å². The fourth-order valence-corrected chi connectivity index (χ4v) is 1.75. The summed E-state index contributed by atoms with van der Waals surface area (Å²) in [4.78, 5) is 0. The molecule has 0 saturated carbocycles. The van der Waals surface area contributed by atoms with E-state index >= 15 is 0 Å². The van der Waals surface area contributed by atoms with E-state index in [1.54, 1.807) is 12.1 Å². The molecule has 0 aliphatic heterocycles. The van der Waals surface area contributed by atoms with Gasteiger partial charge in [-0.15, -0.1) is 0 Å². The summed E-state index contributed by atoms with van der Waals surface area (Å²) in [6.07, 6.45) is 3.97. The summed E-state index contributed by atoms with van der Waals surface area (Å²) < 4.78 is 0. The van der Waals surface area contributed by atoms with E-state index in [9.17, 15) is 0 Å². The molecule has 2 aromatic carbocycles. The molecule has 16 heavy (non-hydrogen) atoms. The van der Waals surface area contributed by atoms with E-state index in [4.69, 9.17) is 23.2 Å². The van der Waals surface area contributed by atoms with Crippen molar-refractivity contribution in [2.24, 2.45) is 0 Å². The summed E-state index contributed by atoms with van der Waals surface area (Å²) in [5.74, 6) is 0. The number of rotatable bonds is 2. The molecule has 0 spiro atoms. The molecule has 0 unspecified atom stereocenters. The Kier molecular flexibility index (Phi) is 3.66. The molecule has 0 radical (unpaired) electrons. The van der Waals surface area contributed by atoms with Crippen LogP contribution in [0.1, 0.15) is 11.1 Å². The summed E-state index contributed by atoms with van der Waals surface area (Å²) in [5, 5.41) is 1.40. The zero-order chi connectivity index (χ0) is 11.4. The third-order valence-electron chi connectivity index (χ3n) is 2.21. The van der Waals surface area contributed by atoms with E-state index in [0.29, 0.717) is 10.0 Å². The molecular weight excluding hydrogens is 239 g/mol. The van der Waals surface area contributed by atoms with Crippen molar-refractivity contribution in [3.05, 3.63) is 69.7 Å². The van der Waals surface area contributed by atoms with Crippen molar-refractivity contribution in [3.63, 3.8) is 0 Å². The summed E-state index contributed by atoms with van der Waals surface area (Å²) in [7, 11) is 0. The summed E-state index contributed by atoms with van der Waals surface area (Å²) in [5.41, 5.74) is 2.07. The Hall–Kier alpha value is -1.24. The maximum absolute atomic E-state index is 6.05. The maximum Gasteiger partial charge on any atom is 0.0479 e. The summed E-state index contributed by atoms with van der Waals surface area (Å²) in [6.45, 7) is 0. The summed E-state index contributed by atoms with van der Waals surface area (Å²) in [6, 6.07) is 15.5. The molecule has 0 saturated heterocycles. The quantitative estimate of drug-likeness (QED) is 0.644. The van der Waals surface area contributed by atoms with E-state index in [1.807, 2.05) is 48.6 Å². The second kappa shape index (κ2) is 5.20. The van der Waals surface area contributed by atoms with Gasteiger partial charge in [-0.3, -0.25) is 0 Å². The lowest BCUT2D eigenvalue weighted by atomic mass is 10.1. The van der Waals surface area contributed by atoms with E-state index in [2.05, 4.69) is 0 Å². The van der Waals surface area contributed by atoms with Crippen LogP contribution in [0.15, 0.2) is 48.5 Å². The number of halogens is 2. The van der Waals surface area contributed by atoms with E-state index in [1.165, 1.54) is 0 Å². The molecule has 0 heterocycles. The highest BCUT2D eigenvalue weighted by molar-refractivity contribution is 6.34. The highest BCUT2D eigenvalue weighted by Gasteiger charge is 1.96. The third-order valence-corrected chi connectivity index (χ3v) is 2.79. The van der Waals surface area contributed by atoms with Gasteiger partial charge >= 0.3 is 0 Å². The van der Waals surface area contributed by atoms with Gasteiger partial charge in [0.15, 0.2) is 0 Å². The van der Waals surface area contributed by atoms with Gasteiger partial charge in [0.2, 0.25) is 0 Å². The minimum atomic E-state index is 0.692. The first-order valence-electron chi connectivity index (χ1n) is 4.94. The highest BCUT2D eigenvalue weighted by atomic mass is 35.5. The normalized spacial score (nSPS) is 10.9. The topological polar surface area (TPSA) is 0 Å². The van der Waals surface area contributed by atoms with Gasteiger partial charge < -0.3 is 0 Å². The zero-order valence-corrected chi connectivity index (χ0v) is 10.0. The Bertz CT molecular complexity index is 501. The monoisotopic (exact) mass is 248 g/mol. The lowest BCUT2D eigenvalue weighted by Gasteiger charge is -1.98. The first-order valence-corrected chi connectivity index (χ1v) is 5.69. The smallest absolute Gasteiger partial charge is 0.0479 e. The van der Waals surface area contributed by atoms with Gasteiger partial charge in [-0.25, -0.2) is 0 Å². The van der Waals surface area contributed by atoms with Crippen molar-refractivity contribution < 1.29 is 0 Å². The van der Waals surface area contributed by atoms with E-state index in [-0.39, 0.29) is 0 Å². The first kappa shape index (κ1) is 11.3. The number of benzene rings is 2. The predicted octanol–water partition coefficient (Wildman–Crippen LogP) is 5.16. The van der Waals surface area contributed by atoms with Crippen molar-refractivity contribution >= 4 is 35.4 Å². The summed E-state index contributed by atoms with van der Waals surface area (Å²) >= 11 is 12.0. The lowest BCUT2D eigenvalue weighted by Crippen LogP contribution is -1.75. The van der Waals surface area contributed by atoms with Gasteiger partial charge in [0, 0.05) is 10.0 Å². The van der Waals surface area contributed by atoms with Crippen molar-refractivity contribution in [1.29, 1.82) is 0 Å². The van der Waals surface area contributed by atoms with Crippen molar-refractivity contribution in [2.45, 2.75) is 0 Å². The highest BCUT2D eigenvalue weighted by Crippen LogP contribution is 2.22. The molecule has 0 aromatic heterocycles. The number of hydrogen-bond acceptors (Lipinski definition) is 0. The third kappa shape index (κ3) is 2.88. The molecule has 0 fully saturated rings. The van der Waals surface area contributed by atoms with Gasteiger partial charge in [0.25, 0.3) is 0 Å². The van der Waals surface area contributed by atoms with Crippen LogP contribution >= 0.6 is 23.2 Å². The van der Waals surface area contributed by atoms with Crippen LogP contribution in [0.2, 0.25) is 10.0 Å². The fraction of sp³-hybridized carbons (Fsp3) is 0. The second-order valence-electron chi connectivity index (χ2n) is 3.41. The number of hydrogen-bond donors (Lipinski definition) is 0. The van der Waals surface area contributed by atoms with Crippen LogP contribution in [0.25, 0.3) is 12.2 Å². The molecule has 80 valence electrons. The Labute approximate surface area is 105 Å². The van der Waals surface area contributed by atoms with Crippen LogP contribution in [0, 0.1) is 0 Å². The van der Waals surface area contributed by atoms with E-state index < -0.39 is 0 Å². The molecule has 0 N–H and O–H groups in total.